The van der Waals surface area contributed by atoms with Crippen molar-refractivity contribution in [1.82, 2.24) is 15.2 Å². The van der Waals surface area contributed by atoms with Crippen molar-refractivity contribution < 1.29 is 14.7 Å². The van der Waals surface area contributed by atoms with Gasteiger partial charge in [-0.15, -0.1) is 0 Å². The molecule has 132 valence electrons. The monoisotopic (exact) mass is 343 g/mol. The molecule has 0 radical (unpaired) electrons. The molecule has 0 saturated carbocycles. The molecule has 1 aromatic heterocycles. The van der Waals surface area contributed by atoms with Crippen molar-refractivity contribution in [3.63, 3.8) is 0 Å². The average molecular weight is 343 g/mol. The molecule has 1 aliphatic rings. The zero-order valence-electron chi connectivity index (χ0n) is 14.0. The molecule has 1 aromatic carbocycles. The maximum Gasteiger partial charge on any atom is 0.317 e. The van der Waals surface area contributed by atoms with E-state index in [1.54, 1.807) is 4.90 Å². The second-order valence-electron chi connectivity index (χ2n) is 6.64. The third-order valence-corrected chi connectivity index (χ3v) is 4.56. The number of hydrogen-bond donors (Lipinski definition) is 3. The molecule has 3 rings (SSSR count). The second kappa shape index (κ2) is 6.96. The van der Waals surface area contributed by atoms with Crippen molar-refractivity contribution in [2.45, 2.75) is 19.9 Å². The molecule has 2 atom stereocenters. The number of hydrogen-bond acceptors (Lipinski definition) is 3. The van der Waals surface area contributed by atoms with Gasteiger partial charge >= 0.3 is 12.0 Å². The minimum absolute atomic E-state index is 0.140. The second-order valence-corrected chi connectivity index (χ2v) is 6.64. The largest absolute Gasteiger partial charge is 0.481 e. The topological polar surface area (TPSA) is 102 Å². The Kier molecular flexibility index (Phi) is 4.74. The van der Waals surface area contributed by atoms with Gasteiger partial charge in [-0.2, -0.15) is 0 Å². The van der Waals surface area contributed by atoms with Crippen LogP contribution < -0.4 is 10.9 Å². The Morgan fingerprint density at radius 2 is 2.08 bits per heavy atom. The number of carboxylic acids is 1. The predicted octanol–water partition coefficient (Wildman–Crippen LogP) is 1.78. The van der Waals surface area contributed by atoms with E-state index in [0.717, 1.165) is 16.5 Å². The van der Waals surface area contributed by atoms with Gasteiger partial charge in [-0.25, -0.2) is 4.79 Å². The summed E-state index contributed by atoms with van der Waals surface area (Å²) in [7, 11) is 0. The Balaban J connectivity index is 1.72. The first-order chi connectivity index (χ1) is 11.9. The van der Waals surface area contributed by atoms with E-state index in [1.165, 1.54) is 6.07 Å². The summed E-state index contributed by atoms with van der Waals surface area (Å²) in [6.45, 7) is 2.90. The van der Waals surface area contributed by atoms with Crippen LogP contribution in [-0.2, 0) is 11.3 Å². The van der Waals surface area contributed by atoms with Crippen LogP contribution in [0.15, 0.2) is 35.1 Å². The lowest BCUT2D eigenvalue weighted by Crippen LogP contribution is -2.49. The Bertz CT molecular complexity index is 861. The van der Waals surface area contributed by atoms with Crippen LogP contribution in [0.2, 0.25) is 0 Å². The molecule has 2 amide bonds. The van der Waals surface area contributed by atoms with Gasteiger partial charge in [0.2, 0.25) is 5.56 Å². The number of para-hydroxylation sites is 1. The highest BCUT2D eigenvalue weighted by Crippen LogP contribution is 2.22. The molecule has 1 fully saturated rings. The number of nitrogens with zero attached hydrogens (tertiary/aromatic N) is 1. The van der Waals surface area contributed by atoms with E-state index in [9.17, 15) is 19.5 Å². The lowest BCUT2D eigenvalue weighted by Gasteiger charge is -2.34. The van der Waals surface area contributed by atoms with E-state index in [4.69, 9.17) is 0 Å². The molecule has 25 heavy (non-hydrogen) atoms. The number of rotatable bonds is 3. The zero-order chi connectivity index (χ0) is 18.0. The number of aromatic amines is 1. The van der Waals surface area contributed by atoms with Gasteiger partial charge in [-0.3, -0.25) is 9.59 Å². The van der Waals surface area contributed by atoms with Crippen LogP contribution >= 0.6 is 0 Å². The molecule has 7 heteroatoms. The predicted molar refractivity (Wildman–Crippen MR) is 93.3 cm³/mol. The van der Waals surface area contributed by atoms with E-state index >= 15 is 0 Å². The fourth-order valence-electron chi connectivity index (χ4n) is 3.40. The van der Waals surface area contributed by atoms with Gasteiger partial charge in [-0.1, -0.05) is 25.1 Å². The van der Waals surface area contributed by atoms with Crippen molar-refractivity contribution in [2.75, 3.05) is 13.1 Å². The minimum atomic E-state index is -0.870. The smallest absolute Gasteiger partial charge is 0.317 e. The molecule has 2 unspecified atom stereocenters. The summed E-state index contributed by atoms with van der Waals surface area (Å²) in [5.74, 6) is -1.26. The molecule has 2 heterocycles. The number of carboxylic acid groups (broad SMARTS) is 1. The summed E-state index contributed by atoms with van der Waals surface area (Å²) in [5, 5.41) is 12.9. The lowest BCUT2D eigenvalue weighted by atomic mass is 9.91. The number of fused-ring (bicyclic) bond motifs is 1. The number of aromatic nitrogens is 1. The number of aliphatic carboxylic acids is 1. The third-order valence-electron chi connectivity index (χ3n) is 4.56. The summed E-state index contributed by atoms with van der Waals surface area (Å²) >= 11 is 0. The molecular formula is C18H21N3O4. The van der Waals surface area contributed by atoms with Crippen molar-refractivity contribution in [3.8, 4) is 0 Å². The lowest BCUT2D eigenvalue weighted by molar-refractivity contribution is -0.143. The Morgan fingerprint density at radius 1 is 1.32 bits per heavy atom. The molecule has 3 N–H and O–H groups in total. The van der Waals surface area contributed by atoms with Crippen molar-refractivity contribution >= 4 is 22.9 Å². The number of H-pyrrole nitrogens is 1. The van der Waals surface area contributed by atoms with Gasteiger partial charge in [0.05, 0.1) is 5.92 Å². The minimum Gasteiger partial charge on any atom is -0.481 e. The highest BCUT2D eigenvalue weighted by Gasteiger charge is 2.31. The van der Waals surface area contributed by atoms with Crippen LogP contribution in [-0.4, -0.2) is 40.1 Å². The number of nitrogens with one attached hydrogen (secondary N) is 2. The number of likely N-dealkylation sites (tertiary alicyclic amines) is 1. The molecule has 2 aromatic rings. The van der Waals surface area contributed by atoms with Crippen LogP contribution in [0.1, 0.15) is 18.9 Å². The molecule has 0 aliphatic carbocycles. The molecule has 7 nitrogen and oxygen atoms in total. The van der Waals surface area contributed by atoms with E-state index in [2.05, 4.69) is 10.3 Å². The van der Waals surface area contributed by atoms with E-state index in [-0.39, 0.29) is 30.6 Å². The van der Waals surface area contributed by atoms with Crippen molar-refractivity contribution in [3.05, 3.63) is 46.2 Å². The highest BCUT2D eigenvalue weighted by molar-refractivity contribution is 5.82. The Labute approximate surface area is 144 Å². The molecular weight excluding hydrogens is 322 g/mol. The maximum atomic E-state index is 12.4. The van der Waals surface area contributed by atoms with Crippen LogP contribution in [0, 0.1) is 11.8 Å². The zero-order valence-corrected chi connectivity index (χ0v) is 14.0. The molecule has 1 aliphatic heterocycles. The quantitative estimate of drug-likeness (QED) is 0.790. The van der Waals surface area contributed by atoms with Crippen LogP contribution in [0.25, 0.3) is 10.9 Å². The average Bonchev–Trinajstić information content (AvgIpc) is 2.58. The van der Waals surface area contributed by atoms with E-state index < -0.39 is 11.9 Å². The maximum absolute atomic E-state index is 12.4. The third kappa shape index (κ3) is 3.81. The summed E-state index contributed by atoms with van der Waals surface area (Å²) < 4.78 is 0. The van der Waals surface area contributed by atoms with Crippen molar-refractivity contribution in [2.24, 2.45) is 11.8 Å². The van der Waals surface area contributed by atoms with Gasteiger partial charge in [0.25, 0.3) is 0 Å². The van der Waals surface area contributed by atoms with E-state index in [1.807, 2.05) is 31.2 Å². The first-order valence-electron chi connectivity index (χ1n) is 8.30. The number of carbonyl (C=O) groups excluding carboxylic acids is 1. The van der Waals surface area contributed by atoms with Crippen LogP contribution in [0.5, 0.6) is 0 Å². The highest BCUT2D eigenvalue weighted by atomic mass is 16.4. The number of amides is 2. The summed E-state index contributed by atoms with van der Waals surface area (Å²) in [5.41, 5.74) is 1.23. The first-order valence-corrected chi connectivity index (χ1v) is 8.30. The number of piperidine rings is 1. The van der Waals surface area contributed by atoms with Gasteiger partial charge in [0.1, 0.15) is 0 Å². The van der Waals surface area contributed by atoms with Gasteiger partial charge in [-0.05, 0) is 24.0 Å². The number of benzene rings is 1. The molecule has 0 bridgehead atoms. The number of pyridine rings is 1. The summed E-state index contributed by atoms with van der Waals surface area (Å²) in [6, 6.07) is 8.57. The van der Waals surface area contributed by atoms with Gasteiger partial charge in [0.15, 0.2) is 0 Å². The SMILES string of the molecule is CC1CC(C(=O)O)CN(C(=O)NCc2cc(=O)[nH]c3ccccc23)C1. The summed E-state index contributed by atoms with van der Waals surface area (Å²) in [6.07, 6.45) is 0.581. The van der Waals surface area contributed by atoms with Gasteiger partial charge in [0, 0.05) is 36.6 Å². The fraction of sp³-hybridized carbons (Fsp3) is 0.389. The number of carbonyl (C=O) groups is 2. The first kappa shape index (κ1) is 17.0. The Hall–Kier alpha value is -2.83. The normalized spacial score (nSPS) is 20.4. The molecule has 0 spiro atoms. The van der Waals surface area contributed by atoms with Crippen LogP contribution in [0.3, 0.4) is 0 Å². The molecule has 1 saturated heterocycles. The summed E-state index contributed by atoms with van der Waals surface area (Å²) in [4.78, 5) is 39.7. The van der Waals surface area contributed by atoms with Crippen molar-refractivity contribution in [1.29, 1.82) is 0 Å². The van der Waals surface area contributed by atoms with Gasteiger partial charge < -0.3 is 20.3 Å². The fourth-order valence-corrected chi connectivity index (χ4v) is 3.40. The Morgan fingerprint density at radius 3 is 2.84 bits per heavy atom. The standard InChI is InChI=1S/C18H21N3O4/c1-11-6-13(17(23)24)10-21(9-11)18(25)19-8-12-7-16(22)20-15-5-3-2-4-14(12)15/h2-5,7,11,13H,6,8-10H2,1H3,(H,19,25)(H,20,22)(H,23,24). The van der Waals surface area contributed by atoms with Crippen LogP contribution in [0.4, 0.5) is 4.79 Å². The van der Waals surface area contributed by atoms with E-state index in [0.29, 0.717) is 13.0 Å². The number of urea groups is 1.